The van der Waals surface area contributed by atoms with Gasteiger partial charge in [0, 0.05) is 25.2 Å². The van der Waals surface area contributed by atoms with E-state index in [2.05, 4.69) is 49.3 Å². The zero-order valence-corrected chi connectivity index (χ0v) is 14.8. The highest BCUT2D eigenvalue weighted by Crippen LogP contribution is 2.20. The minimum atomic E-state index is -0.245. The van der Waals surface area contributed by atoms with Gasteiger partial charge in [0.25, 0.3) is 5.56 Å². The summed E-state index contributed by atoms with van der Waals surface area (Å²) in [6.45, 7) is 1.86. The summed E-state index contributed by atoms with van der Waals surface area (Å²) in [5, 5.41) is 10.5. The number of aromatic amines is 1. The number of likely N-dealkylation sites (N-methyl/N-ethyl adjacent to an activating group) is 1. The summed E-state index contributed by atoms with van der Waals surface area (Å²) in [6, 6.07) is 2.33. The van der Waals surface area contributed by atoms with Crippen molar-refractivity contribution in [1.82, 2.24) is 39.6 Å². The van der Waals surface area contributed by atoms with Crippen LogP contribution in [-0.2, 0) is 0 Å². The van der Waals surface area contributed by atoms with Crippen LogP contribution in [0.1, 0.15) is 12.8 Å². The minimum Gasteiger partial charge on any atom is -0.355 e. The standard InChI is InChI=1S/C16H21N9O/c1-22(2)12-4-3-6-23(10-12)14-8-15(18-11-17-14)25-16(26)13(9-20-25)24-7-5-19-21-24/h5,7-9,11-12,20H,3-4,6,10H2,1-2H3. The quantitative estimate of drug-likeness (QED) is 0.706. The molecule has 1 fully saturated rings. The number of hydrogen-bond donors (Lipinski definition) is 1. The van der Waals surface area contributed by atoms with Crippen LogP contribution in [0.3, 0.4) is 0 Å². The SMILES string of the molecule is CN(C)C1CCCN(c2cc(-n3[nH]cc(-n4ccnn4)c3=O)ncn2)C1. The lowest BCUT2D eigenvalue weighted by Crippen LogP contribution is -2.45. The molecule has 0 aliphatic carbocycles. The largest absolute Gasteiger partial charge is 0.355 e. The van der Waals surface area contributed by atoms with E-state index in [4.69, 9.17) is 0 Å². The number of H-pyrrole nitrogens is 1. The fraction of sp³-hybridized carbons (Fsp3) is 0.438. The molecule has 26 heavy (non-hydrogen) atoms. The van der Waals surface area contributed by atoms with Crippen LogP contribution in [0, 0.1) is 0 Å². The molecule has 1 aliphatic heterocycles. The summed E-state index contributed by atoms with van der Waals surface area (Å²) in [5.74, 6) is 1.32. The van der Waals surface area contributed by atoms with Crippen LogP contribution in [0.4, 0.5) is 5.82 Å². The molecule has 1 atom stereocenters. The molecule has 4 rings (SSSR count). The third-order valence-corrected chi connectivity index (χ3v) is 4.74. The van der Waals surface area contributed by atoms with E-state index in [0.29, 0.717) is 17.5 Å². The van der Waals surface area contributed by atoms with Crippen molar-refractivity contribution in [2.45, 2.75) is 18.9 Å². The molecule has 0 saturated carbocycles. The van der Waals surface area contributed by atoms with Gasteiger partial charge in [0.15, 0.2) is 11.5 Å². The summed E-state index contributed by atoms with van der Waals surface area (Å²) < 4.78 is 2.80. The lowest BCUT2D eigenvalue weighted by atomic mass is 10.1. The van der Waals surface area contributed by atoms with Gasteiger partial charge < -0.3 is 9.80 Å². The van der Waals surface area contributed by atoms with Gasteiger partial charge in [-0.15, -0.1) is 5.10 Å². The van der Waals surface area contributed by atoms with E-state index in [1.54, 1.807) is 12.4 Å². The fourth-order valence-corrected chi connectivity index (χ4v) is 3.25. The van der Waals surface area contributed by atoms with Gasteiger partial charge in [-0.3, -0.25) is 9.89 Å². The van der Waals surface area contributed by atoms with E-state index in [1.807, 2.05) is 6.07 Å². The van der Waals surface area contributed by atoms with Crippen molar-refractivity contribution in [3.05, 3.63) is 41.3 Å². The van der Waals surface area contributed by atoms with Gasteiger partial charge in [-0.05, 0) is 26.9 Å². The van der Waals surface area contributed by atoms with Crippen LogP contribution in [0.15, 0.2) is 35.8 Å². The molecule has 0 spiro atoms. The monoisotopic (exact) mass is 355 g/mol. The van der Waals surface area contributed by atoms with Crippen molar-refractivity contribution in [2.24, 2.45) is 0 Å². The van der Waals surface area contributed by atoms with Crippen molar-refractivity contribution in [1.29, 1.82) is 0 Å². The van der Waals surface area contributed by atoms with Gasteiger partial charge in [0.1, 0.15) is 12.1 Å². The first-order chi connectivity index (χ1) is 12.6. The molecule has 1 N–H and O–H groups in total. The molecule has 1 aliphatic rings. The Balaban J connectivity index is 1.64. The smallest absolute Gasteiger partial charge is 0.298 e. The first-order valence-corrected chi connectivity index (χ1v) is 8.54. The molecular formula is C16H21N9O. The highest BCUT2D eigenvalue weighted by Gasteiger charge is 2.23. The highest BCUT2D eigenvalue weighted by atomic mass is 16.1. The Morgan fingerprint density at radius 2 is 2.12 bits per heavy atom. The van der Waals surface area contributed by atoms with Crippen LogP contribution < -0.4 is 10.5 Å². The first kappa shape index (κ1) is 16.5. The van der Waals surface area contributed by atoms with Gasteiger partial charge in [-0.25, -0.2) is 14.6 Å². The summed E-state index contributed by atoms with van der Waals surface area (Å²) in [4.78, 5) is 25.8. The first-order valence-electron chi connectivity index (χ1n) is 8.54. The van der Waals surface area contributed by atoms with E-state index in [-0.39, 0.29) is 5.56 Å². The van der Waals surface area contributed by atoms with Crippen LogP contribution in [0.5, 0.6) is 0 Å². The third-order valence-electron chi connectivity index (χ3n) is 4.74. The Kier molecular flexibility index (Phi) is 4.25. The lowest BCUT2D eigenvalue weighted by Gasteiger charge is -2.36. The molecule has 4 heterocycles. The van der Waals surface area contributed by atoms with Gasteiger partial charge in [0.2, 0.25) is 0 Å². The molecule has 3 aromatic rings. The van der Waals surface area contributed by atoms with Crippen LogP contribution in [-0.4, -0.2) is 72.9 Å². The normalized spacial score (nSPS) is 17.8. The number of rotatable bonds is 4. The highest BCUT2D eigenvalue weighted by molar-refractivity contribution is 5.44. The zero-order chi connectivity index (χ0) is 18.1. The van der Waals surface area contributed by atoms with E-state index in [9.17, 15) is 4.79 Å². The van der Waals surface area contributed by atoms with Crippen molar-refractivity contribution in [3.63, 3.8) is 0 Å². The zero-order valence-electron chi connectivity index (χ0n) is 14.8. The summed E-state index contributed by atoms with van der Waals surface area (Å²) in [5.41, 5.74) is 0.137. The van der Waals surface area contributed by atoms with E-state index >= 15 is 0 Å². The van der Waals surface area contributed by atoms with E-state index < -0.39 is 0 Å². The topological polar surface area (TPSA) is 101 Å². The van der Waals surface area contributed by atoms with Gasteiger partial charge in [0.05, 0.1) is 18.6 Å². The Labute approximate surface area is 150 Å². The van der Waals surface area contributed by atoms with Crippen LogP contribution in [0.2, 0.25) is 0 Å². The second-order valence-electron chi connectivity index (χ2n) is 6.59. The van der Waals surface area contributed by atoms with Crippen LogP contribution >= 0.6 is 0 Å². The maximum Gasteiger partial charge on any atom is 0.298 e. The van der Waals surface area contributed by atoms with Crippen molar-refractivity contribution < 1.29 is 0 Å². The molecule has 136 valence electrons. The molecule has 0 radical (unpaired) electrons. The summed E-state index contributed by atoms with van der Waals surface area (Å²) >= 11 is 0. The molecule has 10 heteroatoms. The number of nitrogens with zero attached hydrogens (tertiary/aromatic N) is 8. The molecular weight excluding hydrogens is 334 g/mol. The van der Waals surface area contributed by atoms with Crippen molar-refractivity contribution in [2.75, 3.05) is 32.1 Å². The predicted octanol–water partition coefficient (Wildman–Crippen LogP) is 0.0667. The maximum atomic E-state index is 12.7. The van der Waals surface area contributed by atoms with Gasteiger partial charge in [-0.2, -0.15) is 4.68 Å². The Bertz CT molecular complexity index is 927. The van der Waals surface area contributed by atoms with Gasteiger partial charge >= 0.3 is 0 Å². The molecule has 0 amide bonds. The molecule has 0 bridgehead atoms. The van der Waals surface area contributed by atoms with Crippen molar-refractivity contribution >= 4 is 5.82 Å². The molecule has 10 nitrogen and oxygen atoms in total. The second-order valence-corrected chi connectivity index (χ2v) is 6.59. The van der Waals surface area contributed by atoms with E-state index in [0.717, 1.165) is 25.3 Å². The van der Waals surface area contributed by atoms with Crippen LogP contribution in [0.25, 0.3) is 11.5 Å². The molecule has 3 aromatic heterocycles. The van der Waals surface area contributed by atoms with E-state index in [1.165, 1.54) is 28.3 Å². The number of hydrogen-bond acceptors (Lipinski definition) is 7. The second kappa shape index (κ2) is 6.71. The summed E-state index contributed by atoms with van der Waals surface area (Å²) in [7, 11) is 4.20. The number of piperidine rings is 1. The Hall–Kier alpha value is -3.01. The minimum absolute atomic E-state index is 0.245. The van der Waals surface area contributed by atoms with Gasteiger partial charge in [-0.1, -0.05) is 5.21 Å². The number of nitrogens with one attached hydrogen (secondary N) is 1. The Morgan fingerprint density at radius 3 is 2.88 bits per heavy atom. The Morgan fingerprint density at radius 1 is 1.27 bits per heavy atom. The molecule has 1 unspecified atom stereocenters. The number of aromatic nitrogens is 7. The van der Waals surface area contributed by atoms with Crippen molar-refractivity contribution in [3.8, 4) is 11.5 Å². The molecule has 1 saturated heterocycles. The number of anilines is 1. The average molecular weight is 355 g/mol. The maximum absolute atomic E-state index is 12.7. The lowest BCUT2D eigenvalue weighted by molar-refractivity contribution is 0.257. The molecule has 0 aromatic carbocycles. The predicted molar refractivity (Wildman–Crippen MR) is 95.8 cm³/mol. The summed E-state index contributed by atoms with van der Waals surface area (Å²) in [6.07, 6.45) is 8.51. The third kappa shape index (κ3) is 2.99. The average Bonchev–Trinajstić information content (AvgIpc) is 3.31. The fourth-order valence-electron chi connectivity index (χ4n) is 3.25.